The molecule has 0 aliphatic rings. The molecule has 3 unspecified atom stereocenters. The van der Waals surface area contributed by atoms with Crippen molar-refractivity contribution >= 4 is 12.0 Å². The third-order valence-electron chi connectivity index (χ3n) is 3.32. The van der Waals surface area contributed by atoms with Crippen molar-refractivity contribution in [3.63, 3.8) is 0 Å². The normalized spacial score (nSPS) is 15.6. The first-order valence-electron chi connectivity index (χ1n) is 6.62. The van der Waals surface area contributed by atoms with E-state index in [1.54, 1.807) is 0 Å². The minimum atomic E-state index is -0.795. The van der Waals surface area contributed by atoms with Crippen molar-refractivity contribution in [2.24, 2.45) is 11.8 Å². The van der Waals surface area contributed by atoms with Crippen LogP contribution < -0.4 is 10.6 Å². The van der Waals surface area contributed by atoms with Gasteiger partial charge in [0.2, 0.25) is 0 Å². The molecule has 18 heavy (non-hydrogen) atoms. The molecular formula is C13H26N2O3. The summed E-state index contributed by atoms with van der Waals surface area (Å²) in [6.45, 7) is 8.62. The smallest absolute Gasteiger partial charge is 0.315 e. The topological polar surface area (TPSA) is 78.4 Å². The molecule has 106 valence electrons. The number of carbonyl (C=O) groups is 2. The van der Waals surface area contributed by atoms with Crippen molar-refractivity contribution in [1.82, 2.24) is 10.6 Å². The van der Waals surface area contributed by atoms with E-state index >= 15 is 0 Å². The number of amides is 2. The number of hydrogen-bond acceptors (Lipinski definition) is 2. The Bertz CT molecular complexity index is 269. The second-order valence-corrected chi connectivity index (χ2v) is 5.07. The van der Waals surface area contributed by atoms with E-state index in [1.807, 2.05) is 13.8 Å². The number of carboxylic acid groups (broad SMARTS) is 1. The van der Waals surface area contributed by atoms with Crippen LogP contribution in [0.4, 0.5) is 4.79 Å². The van der Waals surface area contributed by atoms with Crippen LogP contribution >= 0.6 is 0 Å². The Labute approximate surface area is 109 Å². The molecule has 3 atom stereocenters. The Morgan fingerprint density at radius 2 is 1.83 bits per heavy atom. The van der Waals surface area contributed by atoms with Crippen LogP contribution in [0.25, 0.3) is 0 Å². The second kappa shape index (κ2) is 8.78. The van der Waals surface area contributed by atoms with Crippen molar-refractivity contribution in [1.29, 1.82) is 0 Å². The number of urea groups is 1. The van der Waals surface area contributed by atoms with Gasteiger partial charge in [0.1, 0.15) is 0 Å². The predicted molar refractivity (Wildman–Crippen MR) is 71.5 cm³/mol. The summed E-state index contributed by atoms with van der Waals surface area (Å²) in [4.78, 5) is 22.0. The zero-order valence-corrected chi connectivity index (χ0v) is 11.8. The van der Waals surface area contributed by atoms with Gasteiger partial charge in [0.05, 0.1) is 0 Å². The fraction of sp³-hybridized carbons (Fsp3) is 0.846. The monoisotopic (exact) mass is 258 g/mol. The van der Waals surface area contributed by atoms with Gasteiger partial charge in [-0.15, -0.1) is 0 Å². The van der Waals surface area contributed by atoms with Gasteiger partial charge in [-0.1, -0.05) is 27.2 Å². The molecule has 0 radical (unpaired) electrons. The van der Waals surface area contributed by atoms with Crippen molar-refractivity contribution in [2.45, 2.75) is 53.0 Å². The number of hydrogen-bond donors (Lipinski definition) is 3. The summed E-state index contributed by atoms with van der Waals surface area (Å²) < 4.78 is 0. The van der Waals surface area contributed by atoms with Crippen LogP contribution in [-0.4, -0.2) is 29.7 Å². The summed E-state index contributed by atoms with van der Waals surface area (Å²) in [5, 5.41) is 14.2. The molecule has 0 heterocycles. The maximum atomic E-state index is 11.6. The second-order valence-electron chi connectivity index (χ2n) is 5.07. The van der Waals surface area contributed by atoms with E-state index in [0.29, 0.717) is 18.9 Å². The van der Waals surface area contributed by atoms with Crippen LogP contribution in [0.3, 0.4) is 0 Å². The van der Waals surface area contributed by atoms with Crippen molar-refractivity contribution in [2.75, 3.05) is 6.54 Å². The minimum absolute atomic E-state index is 0.143. The standard InChI is InChI=1S/C13H26N2O3/c1-5-10(3)11(4)15-13(18)14-8-9(2)6-7-12(16)17/h9-11H,5-8H2,1-4H3,(H,16,17)(H2,14,15,18). The molecule has 0 aromatic carbocycles. The van der Waals surface area contributed by atoms with Gasteiger partial charge < -0.3 is 15.7 Å². The van der Waals surface area contributed by atoms with Crippen LogP contribution in [0.2, 0.25) is 0 Å². The molecule has 5 heteroatoms. The van der Waals surface area contributed by atoms with Crippen LogP contribution in [0, 0.1) is 11.8 Å². The van der Waals surface area contributed by atoms with E-state index < -0.39 is 5.97 Å². The molecule has 2 amide bonds. The number of nitrogens with one attached hydrogen (secondary N) is 2. The summed E-state index contributed by atoms with van der Waals surface area (Å²) in [6, 6.07) is -0.0331. The molecule has 0 bridgehead atoms. The SMILES string of the molecule is CCC(C)C(C)NC(=O)NCC(C)CCC(=O)O. The van der Waals surface area contributed by atoms with Gasteiger partial charge in [-0.2, -0.15) is 0 Å². The van der Waals surface area contributed by atoms with Gasteiger partial charge in [0.25, 0.3) is 0 Å². The molecule has 0 aromatic rings. The third-order valence-corrected chi connectivity index (χ3v) is 3.32. The number of carbonyl (C=O) groups excluding carboxylic acids is 1. The molecule has 0 saturated carbocycles. The Hall–Kier alpha value is -1.26. The van der Waals surface area contributed by atoms with Crippen LogP contribution in [0.5, 0.6) is 0 Å². The fourth-order valence-corrected chi connectivity index (χ4v) is 1.49. The largest absolute Gasteiger partial charge is 0.481 e. The van der Waals surface area contributed by atoms with Gasteiger partial charge in [-0.25, -0.2) is 4.79 Å². The summed E-state index contributed by atoms with van der Waals surface area (Å²) >= 11 is 0. The number of aliphatic carboxylic acids is 1. The summed E-state index contributed by atoms with van der Waals surface area (Å²) in [5.74, 6) is -0.178. The van der Waals surface area contributed by atoms with E-state index in [1.165, 1.54) is 0 Å². The first-order chi connectivity index (χ1) is 8.36. The van der Waals surface area contributed by atoms with Gasteiger partial charge in [0, 0.05) is 19.0 Å². The lowest BCUT2D eigenvalue weighted by molar-refractivity contribution is -0.137. The zero-order chi connectivity index (χ0) is 14.1. The molecule has 0 aliphatic carbocycles. The Kier molecular flexibility index (Phi) is 8.16. The van der Waals surface area contributed by atoms with E-state index in [0.717, 1.165) is 6.42 Å². The predicted octanol–water partition coefficient (Wildman–Crippen LogP) is 2.22. The van der Waals surface area contributed by atoms with Gasteiger partial charge >= 0.3 is 12.0 Å². The molecule has 0 saturated heterocycles. The number of rotatable bonds is 8. The molecule has 0 spiro atoms. The number of carboxylic acids is 1. The van der Waals surface area contributed by atoms with Crippen LogP contribution in [0.15, 0.2) is 0 Å². The Morgan fingerprint density at radius 3 is 2.33 bits per heavy atom. The minimum Gasteiger partial charge on any atom is -0.481 e. The lowest BCUT2D eigenvalue weighted by Crippen LogP contribution is -2.44. The molecule has 0 aliphatic heterocycles. The Morgan fingerprint density at radius 1 is 1.22 bits per heavy atom. The van der Waals surface area contributed by atoms with Crippen molar-refractivity contribution < 1.29 is 14.7 Å². The van der Waals surface area contributed by atoms with Crippen molar-refractivity contribution in [3.8, 4) is 0 Å². The molecule has 3 N–H and O–H groups in total. The highest BCUT2D eigenvalue weighted by Crippen LogP contribution is 2.06. The Balaban J connectivity index is 3.79. The lowest BCUT2D eigenvalue weighted by Gasteiger charge is -2.20. The highest BCUT2D eigenvalue weighted by atomic mass is 16.4. The van der Waals surface area contributed by atoms with E-state index in [-0.39, 0.29) is 24.4 Å². The van der Waals surface area contributed by atoms with E-state index in [9.17, 15) is 9.59 Å². The third kappa shape index (κ3) is 7.92. The molecule has 0 rings (SSSR count). The lowest BCUT2D eigenvalue weighted by atomic mass is 10.0. The van der Waals surface area contributed by atoms with Gasteiger partial charge in [-0.3, -0.25) is 4.79 Å². The molecule has 0 fully saturated rings. The highest BCUT2D eigenvalue weighted by molar-refractivity contribution is 5.74. The molecule has 5 nitrogen and oxygen atoms in total. The summed E-state index contributed by atoms with van der Waals surface area (Å²) in [6.07, 6.45) is 1.75. The average molecular weight is 258 g/mol. The fourth-order valence-electron chi connectivity index (χ4n) is 1.49. The highest BCUT2D eigenvalue weighted by Gasteiger charge is 2.13. The van der Waals surface area contributed by atoms with Gasteiger partial charge in [0.15, 0.2) is 0 Å². The quantitative estimate of drug-likeness (QED) is 0.624. The zero-order valence-electron chi connectivity index (χ0n) is 11.8. The summed E-state index contributed by atoms with van der Waals surface area (Å²) in [7, 11) is 0. The maximum absolute atomic E-state index is 11.6. The molecule has 0 aromatic heterocycles. The average Bonchev–Trinajstić information content (AvgIpc) is 2.32. The first kappa shape index (κ1) is 16.7. The molecular weight excluding hydrogens is 232 g/mol. The van der Waals surface area contributed by atoms with Crippen LogP contribution in [-0.2, 0) is 4.79 Å². The van der Waals surface area contributed by atoms with E-state index in [4.69, 9.17) is 5.11 Å². The van der Waals surface area contributed by atoms with E-state index in [2.05, 4.69) is 24.5 Å². The first-order valence-corrected chi connectivity index (χ1v) is 6.62. The van der Waals surface area contributed by atoms with Gasteiger partial charge in [-0.05, 0) is 25.2 Å². The van der Waals surface area contributed by atoms with Crippen molar-refractivity contribution in [3.05, 3.63) is 0 Å². The summed E-state index contributed by atoms with van der Waals surface area (Å²) in [5.41, 5.74) is 0. The maximum Gasteiger partial charge on any atom is 0.315 e. The van der Waals surface area contributed by atoms with Crippen LogP contribution in [0.1, 0.15) is 47.0 Å².